The summed E-state index contributed by atoms with van der Waals surface area (Å²) >= 11 is 0. The highest BCUT2D eigenvalue weighted by atomic mass is 16.1. The van der Waals surface area contributed by atoms with Gasteiger partial charge in [-0.25, -0.2) is 0 Å². The fourth-order valence-corrected chi connectivity index (χ4v) is 2.82. The second-order valence-corrected chi connectivity index (χ2v) is 5.81. The summed E-state index contributed by atoms with van der Waals surface area (Å²) in [4.78, 5) is 11.6. The molecule has 0 saturated heterocycles. The molecule has 1 aromatic rings. The molecule has 2 heteroatoms. The van der Waals surface area contributed by atoms with Crippen molar-refractivity contribution < 1.29 is 4.79 Å². The molecule has 1 saturated carbocycles. The number of carbonyl (C=O) groups is 1. The van der Waals surface area contributed by atoms with Crippen LogP contribution in [0.3, 0.4) is 0 Å². The normalized spacial score (nSPS) is 23.7. The average Bonchev–Trinajstić information content (AvgIpc) is 2.64. The molecule has 0 radical (unpaired) electrons. The van der Waals surface area contributed by atoms with Crippen LogP contribution in [0.15, 0.2) is 24.3 Å². The van der Waals surface area contributed by atoms with Gasteiger partial charge < -0.3 is 5.32 Å². The van der Waals surface area contributed by atoms with Crippen LogP contribution in [0.25, 0.3) is 0 Å². The Morgan fingerprint density at radius 2 is 1.89 bits per heavy atom. The molecule has 0 spiro atoms. The molecule has 1 aliphatic carbocycles. The second-order valence-electron chi connectivity index (χ2n) is 5.81. The lowest BCUT2D eigenvalue weighted by Gasteiger charge is -2.18. The molecule has 2 rings (SSSR count). The first-order valence-corrected chi connectivity index (χ1v) is 7.59. The summed E-state index contributed by atoms with van der Waals surface area (Å²) in [5.41, 5.74) is 1.97. The summed E-state index contributed by atoms with van der Waals surface area (Å²) in [5, 5.41) is 3.61. The van der Waals surface area contributed by atoms with Crippen LogP contribution in [0.5, 0.6) is 0 Å². The predicted octanol–water partition coefficient (Wildman–Crippen LogP) is 4.66. The fraction of sp³-hybridized carbons (Fsp3) is 0.588. The van der Waals surface area contributed by atoms with Gasteiger partial charge in [0.2, 0.25) is 0 Å². The van der Waals surface area contributed by atoms with E-state index in [1.54, 1.807) is 0 Å². The Labute approximate surface area is 116 Å². The van der Waals surface area contributed by atoms with Crippen LogP contribution in [0.4, 0.5) is 5.69 Å². The van der Waals surface area contributed by atoms with Crippen LogP contribution in [0.1, 0.15) is 62.7 Å². The van der Waals surface area contributed by atoms with Crippen molar-refractivity contribution >= 4 is 11.5 Å². The van der Waals surface area contributed by atoms with Crippen molar-refractivity contribution in [3.05, 3.63) is 29.8 Å². The minimum Gasteiger partial charge on any atom is -0.382 e. The first-order chi connectivity index (χ1) is 9.19. The quantitative estimate of drug-likeness (QED) is 0.629. The highest BCUT2D eigenvalue weighted by molar-refractivity contribution is 5.96. The highest BCUT2D eigenvalue weighted by Crippen LogP contribution is 2.25. The third kappa shape index (κ3) is 4.09. The van der Waals surface area contributed by atoms with Crippen LogP contribution in [-0.2, 0) is 0 Å². The van der Waals surface area contributed by atoms with Crippen molar-refractivity contribution in [3.63, 3.8) is 0 Å². The molecule has 1 fully saturated rings. The Morgan fingerprint density at radius 3 is 2.58 bits per heavy atom. The van der Waals surface area contributed by atoms with Crippen LogP contribution in [0, 0.1) is 5.92 Å². The molecule has 1 N–H and O–H groups in total. The summed E-state index contributed by atoms with van der Waals surface area (Å²) in [6.07, 6.45) is 7.11. The first-order valence-electron chi connectivity index (χ1n) is 7.59. The molecule has 19 heavy (non-hydrogen) atoms. The van der Waals surface area contributed by atoms with E-state index in [-0.39, 0.29) is 5.78 Å². The number of hydrogen-bond acceptors (Lipinski definition) is 2. The van der Waals surface area contributed by atoms with Gasteiger partial charge in [-0.1, -0.05) is 26.7 Å². The zero-order valence-electron chi connectivity index (χ0n) is 12.1. The lowest BCUT2D eigenvalue weighted by atomic mass is 10.0. The van der Waals surface area contributed by atoms with Gasteiger partial charge in [-0.05, 0) is 49.4 Å². The van der Waals surface area contributed by atoms with Gasteiger partial charge in [-0.15, -0.1) is 0 Å². The Kier molecular flexibility index (Phi) is 5.00. The summed E-state index contributed by atoms with van der Waals surface area (Å²) in [7, 11) is 0. The molecule has 0 amide bonds. The average molecular weight is 259 g/mol. The second kappa shape index (κ2) is 6.74. The maximum absolute atomic E-state index is 11.6. The van der Waals surface area contributed by atoms with E-state index >= 15 is 0 Å². The smallest absolute Gasteiger partial charge is 0.162 e. The highest BCUT2D eigenvalue weighted by Gasteiger charge is 2.15. The molecule has 0 aliphatic heterocycles. The summed E-state index contributed by atoms with van der Waals surface area (Å²) in [5.74, 6) is 1.09. The van der Waals surface area contributed by atoms with E-state index in [0.29, 0.717) is 12.5 Å². The van der Waals surface area contributed by atoms with E-state index in [1.165, 1.54) is 32.1 Å². The molecule has 2 unspecified atom stereocenters. The molecular formula is C17H25NO. The van der Waals surface area contributed by atoms with Crippen molar-refractivity contribution in [2.24, 2.45) is 5.92 Å². The Bertz CT molecular complexity index is 410. The minimum absolute atomic E-state index is 0.217. The van der Waals surface area contributed by atoms with Crippen LogP contribution >= 0.6 is 0 Å². The largest absolute Gasteiger partial charge is 0.382 e. The van der Waals surface area contributed by atoms with Gasteiger partial charge in [-0.2, -0.15) is 0 Å². The van der Waals surface area contributed by atoms with Gasteiger partial charge in [0.25, 0.3) is 0 Å². The minimum atomic E-state index is 0.217. The van der Waals surface area contributed by atoms with Gasteiger partial charge in [0, 0.05) is 23.7 Å². The lowest BCUT2D eigenvalue weighted by Crippen LogP contribution is -2.18. The number of rotatable bonds is 4. The fourth-order valence-electron chi connectivity index (χ4n) is 2.82. The van der Waals surface area contributed by atoms with E-state index in [1.807, 2.05) is 31.2 Å². The molecule has 2 atom stereocenters. The standard InChI is InChI=1S/C17H25NO/c1-3-17(19)14-8-11-16(12-9-14)18-15-6-4-5-13(2)7-10-15/h8-9,11-13,15,18H,3-7,10H2,1-2H3. The zero-order chi connectivity index (χ0) is 13.7. The number of hydrogen-bond donors (Lipinski definition) is 1. The third-order valence-electron chi connectivity index (χ3n) is 4.16. The first kappa shape index (κ1) is 14.1. The predicted molar refractivity (Wildman–Crippen MR) is 80.7 cm³/mol. The zero-order valence-corrected chi connectivity index (χ0v) is 12.1. The molecule has 0 aromatic heterocycles. The maximum Gasteiger partial charge on any atom is 0.162 e. The van der Waals surface area contributed by atoms with E-state index < -0.39 is 0 Å². The van der Waals surface area contributed by atoms with Gasteiger partial charge >= 0.3 is 0 Å². The maximum atomic E-state index is 11.6. The molecule has 1 aromatic carbocycles. The Balaban J connectivity index is 1.93. The van der Waals surface area contributed by atoms with E-state index in [4.69, 9.17) is 0 Å². The summed E-state index contributed by atoms with van der Waals surface area (Å²) < 4.78 is 0. The molecule has 1 aliphatic rings. The third-order valence-corrected chi connectivity index (χ3v) is 4.16. The molecule has 2 nitrogen and oxygen atoms in total. The summed E-state index contributed by atoms with van der Waals surface area (Å²) in [6.45, 7) is 4.26. The van der Waals surface area contributed by atoms with E-state index in [2.05, 4.69) is 12.2 Å². The number of Topliss-reactive ketones (excluding diaryl/α,β-unsaturated/α-hetero) is 1. The van der Waals surface area contributed by atoms with E-state index in [0.717, 1.165) is 17.2 Å². The van der Waals surface area contributed by atoms with E-state index in [9.17, 15) is 4.79 Å². The molecule has 104 valence electrons. The number of benzene rings is 1. The van der Waals surface area contributed by atoms with Crippen molar-refractivity contribution in [3.8, 4) is 0 Å². The summed E-state index contributed by atoms with van der Waals surface area (Å²) in [6, 6.07) is 8.55. The van der Waals surface area contributed by atoms with Gasteiger partial charge in [-0.3, -0.25) is 4.79 Å². The van der Waals surface area contributed by atoms with Crippen LogP contribution < -0.4 is 5.32 Å². The molecule has 0 heterocycles. The van der Waals surface area contributed by atoms with Crippen molar-refractivity contribution in [1.82, 2.24) is 0 Å². The topological polar surface area (TPSA) is 29.1 Å². The van der Waals surface area contributed by atoms with Crippen LogP contribution in [-0.4, -0.2) is 11.8 Å². The van der Waals surface area contributed by atoms with Crippen molar-refractivity contribution in [2.75, 3.05) is 5.32 Å². The van der Waals surface area contributed by atoms with Crippen molar-refractivity contribution in [2.45, 2.75) is 58.4 Å². The SMILES string of the molecule is CCC(=O)c1ccc(NC2CCCC(C)CC2)cc1. The number of ketones is 1. The Hall–Kier alpha value is -1.31. The van der Waals surface area contributed by atoms with Crippen molar-refractivity contribution in [1.29, 1.82) is 0 Å². The lowest BCUT2D eigenvalue weighted by molar-refractivity contribution is 0.0988. The van der Waals surface area contributed by atoms with Gasteiger partial charge in [0.05, 0.1) is 0 Å². The monoisotopic (exact) mass is 259 g/mol. The number of nitrogens with one attached hydrogen (secondary N) is 1. The molecular weight excluding hydrogens is 234 g/mol. The van der Waals surface area contributed by atoms with Gasteiger partial charge in [0.15, 0.2) is 5.78 Å². The number of anilines is 1. The Morgan fingerprint density at radius 1 is 1.16 bits per heavy atom. The molecule has 0 bridgehead atoms. The van der Waals surface area contributed by atoms with Crippen LogP contribution in [0.2, 0.25) is 0 Å². The number of carbonyl (C=O) groups excluding carboxylic acids is 1. The van der Waals surface area contributed by atoms with Gasteiger partial charge in [0.1, 0.15) is 0 Å².